The Labute approximate surface area is 288 Å². The molecule has 0 unspecified atom stereocenters. The molecule has 0 aliphatic heterocycles. The topological polar surface area (TPSA) is 86.8 Å². The predicted octanol–water partition coefficient (Wildman–Crippen LogP) is 7.53. The van der Waals surface area contributed by atoms with Gasteiger partial charge in [-0.05, 0) is 79.8 Å². The molecule has 4 aromatic carbocycles. The molecule has 0 saturated carbocycles. The van der Waals surface area contributed by atoms with E-state index in [4.69, 9.17) is 23.2 Å². The Morgan fingerprint density at radius 3 is 1.96 bits per heavy atom. The summed E-state index contributed by atoms with van der Waals surface area (Å²) in [7, 11) is -4.22. The fraction of sp³-hybridized carbons (Fsp3) is 0.297. The maximum absolute atomic E-state index is 14.7. The van der Waals surface area contributed by atoms with Crippen LogP contribution in [0.3, 0.4) is 0 Å². The van der Waals surface area contributed by atoms with Crippen molar-refractivity contribution in [2.24, 2.45) is 5.92 Å². The van der Waals surface area contributed by atoms with E-state index >= 15 is 0 Å². The number of hydrogen-bond donors (Lipinski definition) is 1. The monoisotopic (exact) mass is 693 g/mol. The lowest BCUT2D eigenvalue weighted by atomic mass is 10.0. The van der Waals surface area contributed by atoms with E-state index in [2.05, 4.69) is 5.32 Å². The van der Waals surface area contributed by atoms with Crippen molar-refractivity contribution in [1.29, 1.82) is 0 Å². The lowest BCUT2D eigenvalue weighted by molar-refractivity contribution is -0.140. The van der Waals surface area contributed by atoms with Gasteiger partial charge in [-0.15, -0.1) is 0 Å². The number of aryl methyl sites for hydroxylation is 3. The van der Waals surface area contributed by atoms with Crippen LogP contribution in [0.15, 0.2) is 95.9 Å². The number of carbonyl (C=O) groups excluding carboxylic acids is 2. The molecule has 4 aromatic rings. The summed E-state index contributed by atoms with van der Waals surface area (Å²) in [5.41, 5.74) is 4.21. The number of halogens is 2. The third-order valence-corrected chi connectivity index (χ3v) is 10.2. The van der Waals surface area contributed by atoms with Crippen LogP contribution in [-0.4, -0.2) is 44.3 Å². The number of sulfonamides is 1. The molecule has 1 atom stereocenters. The van der Waals surface area contributed by atoms with Gasteiger partial charge in [0.15, 0.2) is 0 Å². The van der Waals surface area contributed by atoms with Crippen molar-refractivity contribution in [2.45, 2.75) is 58.5 Å². The van der Waals surface area contributed by atoms with Gasteiger partial charge in [0.25, 0.3) is 10.0 Å². The van der Waals surface area contributed by atoms with Gasteiger partial charge in [-0.25, -0.2) is 8.42 Å². The summed E-state index contributed by atoms with van der Waals surface area (Å²) < 4.78 is 29.7. The number of carbonyl (C=O) groups is 2. The zero-order chi connectivity index (χ0) is 34.3. The van der Waals surface area contributed by atoms with E-state index < -0.39 is 28.5 Å². The first-order valence-corrected chi connectivity index (χ1v) is 17.7. The van der Waals surface area contributed by atoms with Crippen molar-refractivity contribution < 1.29 is 18.0 Å². The van der Waals surface area contributed by atoms with Gasteiger partial charge in [0.1, 0.15) is 12.6 Å². The van der Waals surface area contributed by atoms with Crippen molar-refractivity contribution in [2.75, 3.05) is 17.4 Å². The summed E-state index contributed by atoms with van der Waals surface area (Å²) in [5, 5.41) is 3.64. The number of anilines is 1. The van der Waals surface area contributed by atoms with E-state index in [0.717, 1.165) is 26.6 Å². The lowest BCUT2D eigenvalue weighted by Crippen LogP contribution is -2.53. The van der Waals surface area contributed by atoms with Gasteiger partial charge >= 0.3 is 0 Å². The molecule has 0 heterocycles. The van der Waals surface area contributed by atoms with Gasteiger partial charge in [-0.3, -0.25) is 13.9 Å². The molecule has 248 valence electrons. The zero-order valence-corrected chi connectivity index (χ0v) is 29.7. The number of benzene rings is 4. The average molecular weight is 695 g/mol. The number of hydrogen-bond acceptors (Lipinski definition) is 4. The van der Waals surface area contributed by atoms with Crippen LogP contribution in [-0.2, 0) is 32.6 Å². The van der Waals surface area contributed by atoms with Crippen molar-refractivity contribution in [1.82, 2.24) is 10.2 Å². The summed E-state index contributed by atoms with van der Waals surface area (Å²) in [6.45, 7) is 9.30. The Kier molecular flexibility index (Phi) is 12.1. The molecule has 0 aliphatic carbocycles. The molecule has 0 radical (unpaired) electrons. The van der Waals surface area contributed by atoms with Crippen molar-refractivity contribution in [3.05, 3.63) is 129 Å². The first kappa shape index (κ1) is 36.0. The summed E-state index contributed by atoms with van der Waals surface area (Å²) in [6, 6.07) is 25.3. The van der Waals surface area contributed by atoms with E-state index in [0.29, 0.717) is 27.8 Å². The smallest absolute Gasteiger partial charge is 0.264 e. The first-order chi connectivity index (χ1) is 22.3. The summed E-state index contributed by atoms with van der Waals surface area (Å²) in [6.07, 6.45) is 0.187. The van der Waals surface area contributed by atoms with E-state index in [-0.39, 0.29) is 29.7 Å². The molecule has 10 heteroatoms. The highest BCUT2D eigenvalue weighted by molar-refractivity contribution is 7.92. The molecule has 0 bridgehead atoms. The van der Waals surface area contributed by atoms with E-state index in [1.165, 1.54) is 17.0 Å². The molecule has 2 amide bonds. The van der Waals surface area contributed by atoms with Gasteiger partial charge in [0, 0.05) is 35.1 Å². The summed E-state index contributed by atoms with van der Waals surface area (Å²) in [4.78, 5) is 30.1. The molecule has 0 aromatic heterocycles. The standard InChI is InChI=1S/C37H41Cl2N3O4S/c1-25(2)22-40-37(44)35(21-29-10-7-6-8-11-29)41(23-32-33(38)12-9-13-34(32)39)36(43)24-42(30-19-27(4)18-28(5)20-30)47(45,46)31-16-14-26(3)15-17-31/h6-20,25,35H,21-24H2,1-5H3,(H,40,44)/t35-/m1/s1. The SMILES string of the molecule is Cc1ccc(S(=O)(=O)N(CC(=O)N(Cc2c(Cl)cccc2Cl)[C@H](Cc2ccccc2)C(=O)NCC(C)C)c2cc(C)cc(C)c2)cc1. The van der Waals surface area contributed by atoms with Gasteiger partial charge in [0.2, 0.25) is 11.8 Å². The van der Waals surface area contributed by atoms with Crippen LogP contribution in [0.2, 0.25) is 10.0 Å². The molecule has 47 heavy (non-hydrogen) atoms. The van der Waals surface area contributed by atoms with Crippen LogP contribution in [0.4, 0.5) is 5.69 Å². The Balaban J connectivity index is 1.86. The summed E-state index contributed by atoms with van der Waals surface area (Å²) in [5.74, 6) is -0.784. The average Bonchev–Trinajstić information content (AvgIpc) is 3.01. The molecular weight excluding hydrogens is 653 g/mol. The second kappa shape index (κ2) is 15.8. The molecule has 1 N–H and O–H groups in total. The fourth-order valence-corrected chi connectivity index (χ4v) is 7.21. The third-order valence-electron chi connectivity index (χ3n) is 7.73. The summed E-state index contributed by atoms with van der Waals surface area (Å²) >= 11 is 13.2. The molecule has 4 rings (SSSR count). The van der Waals surface area contributed by atoms with Crippen molar-refractivity contribution >= 4 is 50.7 Å². The maximum Gasteiger partial charge on any atom is 0.264 e. The molecule has 0 aliphatic rings. The second-order valence-electron chi connectivity index (χ2n) is 12.2. The van der Waals surface area contributed by atoms with Crippen LogP contribution in [0.1, 0.15) is 41.7 Å². The Morgan fingerprint density at radius 1 is 0.787 bits per heavy atom. The number of nitrogens with zero attached hydrogens (tertiary/aromatic N) is 2. The minimum absolute atomic E-state index is 0.0475. The maximum atomic E-state index is 14.7. The largest absolute Gasteiger partial charge is 0.354 e. The third kappa shape index (κ3) is 9.37. The second-order valence-corrected chi connectivity index (χ2v) is 14.9. The van der Waals surface area contributed by atoms with E-state index in [1.54, 1.807) is 42.5 Å². The van der Waals surface area contributed by atoms with Gasteiger partial charge < -0.3 is 10.2 Å². The minimum atomic E-state index is -4.22. The van der Waals surface area contributed by atoms with Crippen LogP contribution in [0.25, 0.3) is 0 Å². The van der Waals surface area contributed by atoms with E-state index in [9.17, 15) is 18.0 Å². The molecular formula is C37H41Cl2N3O4S. The normalized spacial score (nSPS) is 12.1. The first-order valence-electron chi connectivity index (χ1n) is 15.5. The Hall–Kier alpha value is -3.85. The van der Waals surface area contributed by atoms with Gasteiger partial charge in [-0.1, -0.05) is 97.2 Å². The highest BCUT2D eigenvalue weighted by Crippen LogP contribution is 2.30. The number of amides is 2. The van der Waals surface area contributed by atoms with Crippen molar-refractivity contribution in [3.63, 3.8) is 0 Å². The Bertz CT molecular complexity index is 1770. The van der Waals surface area contributed by atoms with Crippen LogP contribution < -0.4 is 9.62 Å². The zero-order valence-electron chi connectivity index (χ0n) is 27.3. The molecule has 0 fully saturated rings. The minimum Gasteiger partial charge on any atom is -0.354 e. The lowest BCUT2D eigenvalue weighted by Gasteiger charge is -2.34. The van der Waals surface area contributed by atoms with E-state index in [1.807, 2.05) is 71.0 Å². The molecule has 0 spiro atoms. The van der Waals surface area contributed by atoms with Crippen molar-refractivity contribution in [3.8, 4) is 0 Å². The van der Waals surface area contributed by atoms with Crippen LogP contribution in [0.5, 0.6) is 0 Å². The van der Waals surface area contributed by atoms with Gasteiger partial charge in [0.05, 0.1) is 10.6 Å². The Morgan fingerprint density at radius 2 is 1.38 bits per heavy atom. The van der Waals surface area contributed by atoms with Crippen LogP contribution >= 0.6 is 23.2 Å². The molecule has 0 saturated heterocycles. The van der Waals surface area contributed by atoms with Gasteiger partial charge in [-0.2, -0.15) is 0 Å². The fourth-order valence-electron chi connectivity index (χ4n) is 5.29. The molecule has 7 nitrogen and oxygen atoms in total. The van der Waals surface area contributed by atoms with Crippen LogP contribution in [0, 0.1) is 26.7 Å². The highest BCUT2D eigenvalue weighted by atomic mass is 35.5. The predicted molar refractivity (Wildman–Crippen MR) is 190 cm³/mol. The quantitative estimate of drug-likeness (QED) is 0.157. The number of rotatable bonds is 13. The highest BCUT2D eigenvalue weighted by Gasteiger charge is 2.35. The number of nitrogens with one attached hydrogen (secondary N) is 1.